The lowest BCUT2D eigenvalue weighted by molar-refractivity contribution is -0.141. The molecule has 2 rings (SSSR count). The smallest absolute Gasteiger partial charge is 0.310 e. The number of rotatable bonds is 3. The normalized spacial score (nSPS) is 26.6. The number of Topliss-reactive ketones (excluding diaryl/α,β-unsaturated/α-hetero) is 1. The number of carboxylic acids is 1. The molecule has 4 heteroatoms. The molecule has 0 aromatic heterocycles. The summed E-state index contributed by atoms with van der Waals surface area (Å²) in [5.74, 6) is -1.93. The zero-order chi connectivity index (χ0) is 14.7. The Kier molecular flexibility index (Phi) is 4.23. The molecule has 20 heavy (non-hydrogen) atoms. The van der Waals surface area contributed by atoms with Gasteiger partial charge in [0.25, 0.3) is 0 Å². The third kappa shape index (κ3) is 2.74. The summed E-state index contributed by atoms with van der Waals surface area (Å²) in [6.45, 7) is 1.87. The zero-order valence-corrected chi connectivity index (χ0v) is 11.6. The first-order valence-electron chi connectivity index (χ1n) is 6.61. The van der Waals surface area contributed by atoms with Crippen molar-refractivity contribution in [3.63, 3.8) is 0 Å². The van der Waals surface area contributed by atoms with Gasteiger partial charge in [0.2, 0.25) is 0 Å². The van der Waals surface area contributed by atoms with Crippen molar-refractivity contribution in [3.05, 3.63) is 47.7 Å². The summed E-state index contributed by atoms with van der Waals surface area (Å²) in [7, 11) is 1.40. The second-order valence-corrected chi connectivity index (χ2v) is 5.10. The number of hydrogen-bond donors (Lipinski definition) is 1. The molecule has 1 aromatic rings. The second kappa shape index (κ2) is 5.90. The Hall–Kier alpha value is -2.10. The fourth-order valence-corrected chi connectivity index (χ4v) is 2.74. The molecule has 0 saturated heterocycles. The van der Waals surface area contributed by atoms with Crippen molar-refractivity contribution in [1.29, 1.82) is 0 Å². The second-order valence-electron chi connectivity index (χ2n) is 5.10. The maximum atomic E-state index is 12.2. The van der Waals surface area contributed by atoms with E-state index in [9.17, 15) is 14.7 Å². The molecule has 0 spiro atoms. The largest absolute Gasteiger partial charge is 0.493 e. The number of aliphatic carboxylic acids is 1. The van der Waals surface area contributed by atoms with Crippen LogP contribution in [0.2, 0.25) is 0 Å². The van der Waals surface area contributed by atoms with Crippen molar-refractivity contribution in [1.82, 2.24) is 0 Å². The van der Waals surface area contributed by atoms with Crippen LogP contribution in [0.25, 0.3) is 0 Å². The number of ketones is 1. The predicted octanol–water partition coefficient (Wildman–Crippen LogP) is 2.61. The molecule has 0 bridgehead atoms. The molecule has 0 heterocycles. The van der Waals surface area contributed by atoms with Crippen LogP contribution in [0, 0.1) is 11.8 Å². The first-order chi connectivity index (χ1) is 9.54. The van der Waals surface area contributed by atoms with Crippen LogP contribution in [0.1, 0.15) is 24.8 Å². The van der Waals surface area contributed by atoms with Gasteiger partial charge in [0.1, 0.15) is 0 Å². The SMILES string of the molecule is COC1=C[C@H](C(=O)O)[C@H](C)[C@@H](c2ccccc2)CC1=O. The zero-order valence-electron chi connectivity index (χ0n) is 11.6. The van der Waals surface area contributed by atoms with E-state index in [0.29, 0.717) is 0 Å². The number of allylic oxidation sites excluding steroid dienone is 1. The van der Waals surface area contributed by atoms with Gasteiger partial charge in [0.05, 0.1) is 13.0 Å². The van der Waals surface area contributed by atoms with Gasteiger partial charge in [-0.05, 0) is 23.5 Å². The number of carbonyl (C=O) groups is 2. The number of carbonyl (C=O) groups excluding carboxylic acids is 1. The Morgan fingerprint density at radius 2 is 1.95 bits per heavy atom. The molecule has 0 fully saturated rings. The summed E-state index contributed by atoms with van der Waals surface area (Å²) < 4.78 is 5.04. The topological polar surface area (TPSA) is 63.6 Å². The highest BCUT2D eigenvalue weighted by Crippen LogP contribution is 2.37. The molecule has 0 aliphatic heterocycles. The Bertz CT molecular complexity index is 533. The number of benzene rings is 1. The Morgan fingerprint density at radius 3 is 2.50 bits per heavy atom. The van der Waals surface area contributed by atoms with Crippen LogP contribution in [-0.4, -0.2) is 24.0 Å². The third-order valence-electron chi connectivity index (χ3n) is 3.94. The molecule has 0 saturated carbocycles. The maximum absolute atomic E-state index is 12.2. The Balaban J connectivity index is 2.42. The summed E-state index contributed by atoms with van der Waals surface area (Å²) in [5.41, 5.74) is 0.991. The summed E-state index contributed by atoms with van der Waals surface area (Å²) in [4.78, 5) is 23.6. The van der Waals surface area contributed by atoms with Crippen LogP contribution in [0.4, 0.5) is 0 Å². The molecule has 0 unspecified atom stereocenters. The highest BCUT2D eigenvalue weighted by molar-refractivity contribution is 5.95. The van der Waals surface area contributed by atoms with Crippen molar-refractivity contribution >= 4 is 11.8 Å². The molecule has 0 radical (unpaired) electrons. The monoisotopic (exact) mass is 274 g/mol. The fraction of sp³-hybridized carbons (Fsp3) is 0.375. The van der Waals surface area contributed by atoms with Crippen molar-refractivity contribution in [3.8, 4) is 0 Å². The van der Waals surface area contributed by atoms with Gasteiger partial charge in [0, 0.05) is 6.42 Å². The minimum atomic E-state index is -0.928. The molecule has 106 valence electrons. The van der Waals surface area contributed by atoms with Crippen LogP contribution < -0.4 is 0 Å². The molecule has 1 aromatic carbocycles. The molecule has 0 amide bonds. The summed E-state index contributed by atoms with van der Waals surface area (Å²) in [6, 6.07) is 9.58. The molecule has 3 atom stereocenters. The third-order valence-corrected chi connectivity index (χ3v) is 3.94. The van der Waals surface area contributed by atoms with Crippen LogP contribution >= 0.6 is 0 Å². The first-order valence-corrected chi connectivity index (χ1v) is 6.61. The Labute approximate surface area is 118 Å². The highest BCUT2D eigenvalue weighted by atomic mass is 16.5. The van der Waals surface area contributed by atoms with Crippen LogP contribution in [0.3, 0.4) is 0 Å². The lowest BCUT2D eigenvalue weighted by Crippen LogP contribution is -2.24. The number of methoxy groups -OCH3 is 1. The molecule has 1 aliphatic rings. The molecular formula is C16H18O4. The van der Waals surface area contributed by atoms with Gasteiger partial charge in [0.15, 0.2) is 11.5 Å². The molecule has 1 aliphatic carbocycles. The predicted molar refractivity (Wildman–Crippen MR) is 74.2 cm³/mol. The van der Waals surface area contributed by atoms with E-state index in [4.69, 9.17) is 4.74 Å². The van der Waals surface area contributed by atoms with Crippen LogP contribution in [0.15, 0.2) is 42.2 Å². The van der Waals surface area contributed by atoms with Crippen LogP contribution in [-0.2, 0) is 14.3 Å². The van der Waals surface area contributed by atoms with Gasteiger partial charge in [-0.3, -0.25) is 9.59 Å². The van der Waals surface area contributed by atoms with Gasteiger partial charge in [-0.25, -0.2) is 0 Å². The van der Waals surface area contributed by atoms with Gasteiger partial charge in [-0.15, -0.1) is 0 Å². The highest BCUT2D eigenvalue weighted by Gasteiger charge is 2.36. The van der Waals surface area contributed by atoms with E-state index in [0.717, 1.165) is 5.56 Å². The van der Waals surface area contributed by atoms with E-state index in [1.807, 2.05) is 37.3 Å². The van der Waals surface area contributed by atoms with E-state index in [-0.39, 0.29) is 29.8 Å². The maximum Gasteiger partial charge on any atom is 0.310 e. The quantitative estimate of drug-likeness (QED) is 0.920. The van der Waals surface area contributed by atoms with Crippen molar-refractivity contribution < 1.29 is 19.4 Å². The lowest BCUT2D eigenvalue weighted by atomic mass is 9.78. The van der Waals surface area contributed by atoms with Crippen molar-refractivity contribution in [2.24, 2.45) is 11.8 Å². The minimum Gasteiger partial charge on any atom is -0.493 e. The van der Waals surface area contributed by atoms with Crippen molar-refractivity contribution in [2.75, 3.05) is 7.11 Å². The standard InChI is InChI=1S/C16H18O4/c1-10-12(11-6-4-3-5-7-11)8-14(17)15(20-2)9-13(10)16(18)19/h3-7,9-10,12-13H,8H2,1-2H3,(H,18,19)/t10-,12+,13+/m1/s1. The van der Waals surface area contributed by atoms with Gasteiger partial charge >= 0.3 is 5.97 Å². The minimum absolute atomic E-state index is 0.117. The van der Waals surface area contributed by atoms with E-state index in [1.54, 1.807) is 0 Å². The number of hydrogen-bond acceptors (Lipinski definition) is 3. The summed E-state index contributed by atoms with van der Waals surface area (Å²) in [6.07, 6.45) is 1.72. The van der Waals surface area contributed by atoms with Crippen LogP contribution in [0.5, 0.6) is 0 Å². The lowest BCUT2D eigenvalue weighted by Gasteiger charge is -2.25. The summed E-state index contributed by atoms with van der Waals surface area (Å²) in [5, 5.41) is 9.39. The van der Waals surface area contributed by atoms with E-state index in [2.05, 4.69) is 0 Å². The number of carboxylic acid groups (broad SMARTS) is 1. The molecule has 1 N–H and O–H groups in total. The average molecular weight is 274 g/mol. The average Bonchev–Trinajstić information content (AvgIpc) is 2.57. The first kappa shape index (κ1) is 14.3. The van der Waals surface area contributed by atoms with E-state index < -0.39 is 11.9 Å². The van der Waals surface area contributed by atoms with Crippen molar-refractivity contribution in [2.45, 2.75) is 19.3 Å². The summed E-state index contributed by atoms with van der Waals surface area (Å²) >= 11 is 0. The van der Waals surface area contributed by atoms with E-state index in [1.165, 1.54) is 13.2 Å². The number of ether oxygens (including phenoxy) is 1. The van der Waals surface area contributed by atoms with Gasteiger partial charge < -0.3 is 9.84 Å². The molecule has 4 nitrogen and oxygen atoms in total. The molecular weight excluding hydrogens is 256 g/mol. The van der Waals surface area contributed by atoms with E-state index >= 15 is 0 Å². The fourth-order valence-electron chi connectivity index (χ4n) is 2.74. The Morgan fingerprint density at radius 1 is 1.30 bits per heavy atom. The van der Waals surface area contributed by atoms with Gasteiger partial charge in [-0.2, -0.15) is 0 Å². The van der Waals surface area contributed by atoms with Gasteiger partial charge in [-0.1, -0.05) is 37.3 Å².